The van der Waals surface area contributed by atoms with Gasteiger partial charge in [0.2, 0.25) is 17.6 Å². The predicted molar refractivity (Wildman–Crippen MR) is 120 cm³/mol. The van der Waals surface area contributed by atoms with Gasteiger partial charge >= 0.3 is 0 Å². The SMILES string of the molecule is COc1ccc(-c2noc(CN3CCCC(C(=O)N(C)C4CCCCC4)C3)n2)cc1OC. The molecule has 2 fully saturated rings. The Morgan fingerprint density at radius 1 is 1.12 bits per heavy atom. The standard InChI is InChI=1S/C24H34N4O4/c1-27(19-9-5-4-6-10-19)24(29)18-8-7-13-28(15-18)16-22-25-23(26-32-22)17-11-12-20(30-2)21(14-17)31-3/h11-12,14,18-19H,4-10,13,15-16H2,1-3H3. The monoisotopic (exact) mass is 442 g/mol. The van der Waals surface area contributed by atoms with E-state index >= 15 is 0 Å². The Hall–Kier alpha value is -2.61. The lowest BCUT2D eigenvalue weighted by Crippen LogP contribution is -2.47. The number of methoxy groups -OCH3 is 2. The normalized spacial score (nSPS) is 20.2. The number of likely N-dealkylation sites (tertiary alicyclic amines) is 1. The van der Waals surface area contributed by atoms with Crippen molar-refractivity contribution in [2.45, 2.75) is 57.5 Å². The van der Waals surface area contributed by atoms with Crippen LogP contribution in [0.15, 0.2) is 22.7 Å². The van der Waals surface area contributed by atoms with Crippen LogP contribution < -0.4 is 9.47 Å². The topological polar surface area (TPSA) is 80.9 Å². The molecule has 2 aromatic rings. The Morgan fingerprint density at radius 3 is 2.66 bits per heavy atom. The van der Waals surface area contributed by atoms with Crippen LogP contribution in [0.1, 0.15) is 50.8 Å². The zero-order chi connectivity index (χ0) is 22.5. The van der Waals surface area contributed by atoms with E-state index in [-0.39, 0.29) is 11.8 Å². The minimum atomic E-state index is 0.0453. The van der Waals surface area contributed by atoms with E-state index < -0.39 is 0 Å². The number of hydrogen-bond donors (Lipinski definition) is 0. The first kappa shape index (κ1) is 22.6. The molecule has 1 aromatic carbocycles. The summed E-state index contributed by atoms with van der Waals surface area (Å²) >= 11 is 0. The highest BCUT2D eigenvalue weighted by Crippen LogP contribution is 2.31. The third kappa shape index (κ3) is 5.06. The van der Waals surface area contributed by atoms with Crippen molar-refractivity contribution in [1.29, 1.82) is 0 Å². The second kappa shape index (κ2) is 10.3. The lowest BCUT2D eigenvalue weighted by Gasteiger charge is -2.37. The van der Waals surface area contributed by atoms with Crippen LogP contribution in [0.2, 0.25) is 0 Å². The number of carbonyl (C=O) groups excluding carboxylic acids is 1. The zero-order valence-corrected chi connectivity index (χ0v) is 19.4. The molecule has 1 saturated heterocycles. The van der Waals surface area contributed by atoms with Crippen molar-refractivity contribution in [3.8, 4) is 22.9 Å². The third-order valence-electron chi connectivity index (χ3n) is 6.79. The van der Waals surface area contributed by atoms with Crippen molar-refractivity contribution >= 4 is 5.91 Å². The van der Waals surface area contributed by atoms with Crippen molar-refractivity contribution in [1.82, 2.24) is 19.9 Å². The summed E-state index contributed by atoms with van der Waals surface area (Å²) in [5, 5.41) is 4.14. The van der Waals surface area contributed by atoms with E-state index in [1.807, 2.05) is 30.1 Å². The number of amides is 1. The highest BCUT2D eigenvalue weighted by molar-refractivity contribution is 5.79. The highest BCUT2D eigenvalue weighted by Gasteiger charge is 2.31. The summed E-state index contributed by atoms with van der Waals surface area (Å²) in [5.74, 6) is 2.69. The van der Waals surface area contributed by atoms with Crippen LogP contribution in [-0.2, 0) is 11.3 Å². The molecule has 8 heteroatoms. The zero-order valence-electron chi connectivity index (χ0n) is 19.4. The molecule has 32 heavy (non-hydrogen) atoms. The molecule has 1 unspecified atom stereocenters. The molecular weight excluding hydrogens is 408 g/mol. The molecule has 0 N–H and O–H groups in total. The van der Waals surface area contributed by atoms with Gasteiger partial charge in [-0.2, -0.15) is 4.98 Å². The number of piperidine rings is 1. The highest BCUT2D eigenvalue weighted by atomic mass is 16.5. The summed E-state index contributed by atoms with van der Waals surface area (Å²) in [6.07, 6.45) is 8.00. The van der Waals surface area contributed by atoms with Gasteiger partial charge in [-0.1, -0.05) is 24.4 Å². The smallest absolute Gasteiger partial charge is 0.241 e. The van der Waals surface area contributed by atoms with Gasteiger partial charge < -0.3 is 18.9 Å². The van der Waals surface area contributed by atoms with Gasteiger partial charge in [0.05, 0.1) is 26.7 Å². The molecule has 1 amide bonds. The molecule has 1 aliphatic heterocycles. The molecule has 1 saturated carbocycles. The van der Waals surface area contributed by atoms with Gasteiger partial charge in [-0.25, -0.2) is 0 Å². The number of aromatic nitrogens is 2. The quantitative estimate of drug-likeness (QED) is 0.646. The van der Waals surface area contributed by atoms with Crippen LogP contribution in [0.25, 0.3) is 11.4 Å². The van der Waals surface area contributed by atoms with E-state index in [0.29, 0.717) is 35.8 Å². The number of rotatable bonds is 7. The fourth-order valence-electron chi connectivity index (χ4n) is 4.94. The Bertz CT molecular complexity index is 909. The van der Waals surface area contributed by atoms with Gasteiger partial charge in [-0.15, -0.1) is 0 Å². The number of ether oxygens (including phenoxy) is 2. The van der Waals surface area contributed by atoms with E-state index in [0.717, 1.165) is 44.3 Å². The van der Waals surface area contributed by atoms with E-state index in [2.05, 4.69) is 15.0 Å². The number of carbonyl (C=O) groups is 1. The van der Waals surface area contributed by atoms with E-state index in [1.54, 1.807) is 14.2 Å². The first-order valence-electron chi connectivity index (χ1n) is 11.6. The average molecular weight is 443 g/mol. The van der Waals surface area contributed by atoms with Crippen LogP contribution >= 0.6 is 0 Å². The third-order valence-corrected chi connectivity index (χ3v) is 6.79. The van der Waals surface area contributed by atoms with Crippen LogP contribution in [0.4, 0.5) is 0 Å². The Kier molecular flexibility index (Phi) is 7.29. The van der Waals surface area contributed by atoms with Crippen molar-refractivity contribution in [2.24, 2.45) is 5.92 Å². The summed E-state index contributed by atoms with van der Waals surface area (Å²) in [5.41, 5.74) is 0.804. The van der Waals surface area contributed by atoms with E-state index in [1.165, 1.54) is 19.3 Å². The molecule has 0 spiro atoms. The fourth-order valence-corrected chi connectivity index (χ4v) is 4.94. The summed E-state index contributed by atoms with van der Waals surface area (Å²) in [6.45, 7) is 2.23. The van der Waals surface area contributed by atoms with Crippen molar-refractivity contribution in [2.75, 3.05) is 34.4 Å². The lowest BCUT2D eigenvalue weighted by molar-refractivity contribution is -0.138. The largest absolute Gasteiger partial charge is 0.493 e. The van der Waals surface area contributed by atoms with Crippen LogP contribution in [0, 0.1) is 5.92 Å². The van der Waals surface area contributed by atoms with Gasteiger partial charge in [-0.05, 0) is 50.4 Å². The molecule has 4 rings (SSSR count). The van der Waals surface area contributed by atoms with E-state index in [9.17, 15) is 4.79 Å². The minimum Gasteiger partial charge on any atom is -0.493 e. The molecule has 1 aliphatic carbocycles. The van der Waals surface area contributed by atoms with Crippen LogP contribution in [0.5, 0.6) is 11.5 Å². The fraction of sp³-hybridized carbons (Fsp3) is 0.625. The second-order valence-electron chi connectivity index (χ2n) is 8.90. The van der Waals surface area contributed by atoms with Crippen molar-refractivity contribution in [3.63, 3.8) is 0 Å². The average Bonchev–Trinajstić information content (AvgIpc) is 3.31. The lowest BCUT2D eigenvalue weighted by atomic mass is 9.91. The molecule has 8 nitrogen and oxygen atoms in total. The summed E-state index contributed by atoms with van der Waals surface area (Å²) in [6, 6.07) is 5.96. The molecule has 2 aliphatic rings. The Morgan fingerprint density at radius 2 is 1.91 bits per heavy atom. The van der Waals surface area contributed by atoms with Crippen molar-refractivity contribution in [3.05, 3.63) is 24.1 Å². The Balaban J connectivity index is 1.37. The first-order chi connectivity index (χ1) is 15.6. The summed E-state index contributed by atoms with van der Waals surface area (Å²) < 4.78 is 16.2. The number of benzene rings is 1. The van der Waals surface area contributed by atoms with Gasteiger partial charge in [0.1, 0.15) is 0 Å². The van der Waals surface area contributed by atoms with Gasteiger partial charge in [-0.3, -0.25) is 9.69 Å². The van der Waals surface area contributed by atoms with Gasteiger partial charge in [0.15, 0.2) is 11.5 Å². The molecule has 2 heterocycles. The van der Waals surface area contributed by atoms with Crippen LogP contribution in [0.3, 0.4) is 0 Å². The molecule has 1 atom stereocenters. The van der Waals surface area contributed by atoms with Crippen LogP contribution in [-0.4, -0.2) is 66.2 Å². The summed E-state index contributed by atoms with van der Waals surface area (Å²) in [7, 11) is 5.20. The van der Waals surface area contributed by atoms with Gasteiger partial charge in [0.25, 0.3) is 0 Å². The maximum atomic E-state index is 13.1. The van der Waals surface area contributed by atoms with E-state index in [4.69, 9.17) is 14.0 Å². The molecule has 1 aromatic heterocycles. The van der Waals surface area contributed by atoms with Gasteiger partial charge in [0, 0.05) is 25.2 Å². The summed E-state index contributed by atoms with van der Waals surface area (Å²) in [4.78, 5) is 22.0. The Labute approximate surface area is 189 Å². The molecule has 0 radical (unpaired) electrons. The molecule has 0 bridgehead atoms. The predicted octanol–water partition coefficient (Wildman–Crippen LogP) is 3.76. The number of nitrogens with zero attached hydrogens (tertiary/aromatic N) is 4. The molecule has 174 valence electrons. The molecular formula is C24H34N4O4. The minimum absolute atomic E-state index is 0.0453. The maximum Gasteiger partial charge on any atom is 0.241 e. The first-order valence-corrected chi connectivity index (χ1v) is 11.6. The number of hydrogen-bond acceptors (Lipinski definition) is 7. The van der Waals surface area contributed by atoms with Crippen molar-refractivity contribution < 1.29 is 18.8 Å². The maximum absolute atomic E-state index is 13.1. The second-order valence-corrected chi connectivity index (χ2v) is 8.90.